The zero-order valence-electron chi connectivity index (χ0n) is 12.2. The van der Waals surface area contributed by atoms with Gasteiger partial charge in [0.15, 0.2) is 0 Å². The fraction of sp³-hybridized carbons (Fsp3) is 1.00. The second kappa shape index (κ2) is 5.56. The molecule has 110 valence electrons. The molecular formula is C17H30ClN. The monoisotopic (exact) mass is 283 g/mol. The first-order chi connectivity index (χ1) is 8.81. The van der Waals surface area contributed by atoms with Crippen molar-refractivity contribution in [3.05, 3.63) is 0 Å². The minimum absolute atomic E-state index is 0. The predicted molar refractivity (Wildman–Crippen MR) is 82.7 cm³/mol. The molecular weight excluding hydrogens is 254 g/mol. The second-order valence-electron chi connectivity index (χ2n) is 8.10. The fourth-order valence-corrected chi connectivity index (χ4v) is 6.27. The Bertz CT molecular complexity index is 273. The van der Waals surface area contributed by atoms with Gasteiger partial charge in [0, 0.05) is 6.04 Å². The molecule has 0 aromatic rings. The van der Waals surface area contributed by atoms with Gasteiger partial charge in [-0.1, -0.05) is 12.8 Å². The smallest absolute Gasteiger partial charge is 0.00670 e. The summed E-state index contributed by atoms with van der Waals surface area (Å²) in [7, 11) is 0. The highest BCUT2D eigenvalue weighted by Crippen LogP contribution is 2.61. The van der Waals surface area contributed by atoms with E-state index in [1.807, 2.05) is 0 Å². The molecule has 19 heavy (non-hydrogen) atoms. The van der Waals surface area contributed by atoms with Crippen LogP contribution in [0.5, 0.6) is 0 Å². The molecule has 0 unspecified atom stereocenters. The summed E-state index contributed by atoms with van der Waals surface area (Å²) in [5.74, 6) is 3.38. The van der Waals surface area contributed by atoms with Crippen molar-refractivity contribution < 1.29 is 0 Å². The highest BCUT2D eigenvalue weighted by molar-refractivity contribution is 5.85. The molecule has 0 aliphatic heterocycles. The molecule has 0 aromatic heterocycles. The molecule has 2 heteroatoms. The van der Waals surface area contributed by atoms with Gasteiger partial charge in [-0.15, -0.1) is 12.4 Å². The third-order valence-electron chi connectivity index (χ3n) is 6.61. The van der Waals surface area contributed by atoms with Crippen LogP contribution in [-0.4, -0.2) is 12.6 Å². The lowest BCUT2D eigenvalue weighted by atomic mass is 9.49. The van der Waals surface area contributed by atoms with E-state index in [4.69, 9.17) is 0 Å². The first-order valence-electron chi connectivity index (χ1n) is 8.55. The van der Waals surface area contributed by atoms with E-state index in [1.165, 1.54) is 38.6 Å². The van der Waals surface area contributed by atoms with Gasteiger partial charge < -0.3 is 5.32 Å². The van der Waals surface area contributed by atoms with Crippen molar-refractivity contribution in [1.82, 2.24) is 5.32 Å². The number of hydrogen-bond donors (Lipinski definition) is 1. The Hall–Kier alpha value is 0.250. The SMILES string of the molecule is C1CCC(NCCC23CC4CC(CC(C4)C2)C3)C1.Cl. The van der Waals surface area contributed by atoms with Gasteiger partial charge >= 0.3 is 0 Å². The molecule has 5 rings (SSSR count). The maximum Gasteiger partial charge on any atom is 0.00670 e. The van der Waals surface area contributed by atoms with E-state index in [9.17, 15) is 0 Å². The summed E-state index contributed by atoms with van der Waals surface area (Å²) in [5.41, 5.74) is 0.792. The molecule has 0 spiro atoms. The van der Waals surface area contributed by atoms with Crippen molar-refractivity contribution >= 4 is 12.4 Å². The molecule has 5 aliphatic rings. The van der Waals surface area contributed by atoms with Gasteiger partial charge in [0.05, 0.1) is 0 Å². The maximum absolute atomic E-state index is 3.86. The van der Waals surface area contributed by atoms with Crippen molar-refractivity contribution in [2.45, 2.75) is 76.7 Å². The molecule has 0 heterocycles. The third-order valence-corrected chi connectivity index (χ3v) is 6.61. The Kier molecular flexibility index (Phi) is 4.16. The summed E-state index contributed by atoms with van der Waals surface area (Å²) >= 11 is 0. The lowest BCUT2D eigenvalue weighted by Crippen LogP contribution is -2.47. The Balaban J connectivity index is 0.00000110. The van der Waals surface area contributed by atoms with E-state index in [-0.39, 0.29) is 12.4 Å². The summed E-state index contributed by atoms with van der Waals surface area (Å²) in [6.07, 6.45) is 16.9. The minimum atomic E-state index is 0. The van der Waals surface area contributed by atoms with E-state index >= 15 is 0 Å². The summed E-state index contributed by atoms with van der Waals surface area (Å²) in [5, 5.41) is 3.86. The van der Waals surface area contributed by atoms with Gasteiger partial charge in [-0.2, -0.15) is 0 Å². The van der Waals surface area contributed by atoms with Crippen LogP contribution in [-0.2, 0) is 0 Å². The van der Waals surface area contributed by atoms with E-state index in [1.54, 1.807) is 38.5 Å². The molecule has 5 saturated carbocycles. The van der Waals surface area contributed by atoms with E-state index in [0.29, 0.717) is 0 Å². The Labute approximate surface area is 124 Å². The van der Waals surface area contributed by atoms with Crippen LogP contribution in [0.1, 0.15) is 70.6 Å². The maximum atomic E-state index is 3.86. The highest BCUT2D eigenvalue weighted by atomic mass is 35.5. The van der Waals surface area contributed by atoms with Crippen molar-refractivity contribution in [1.29, 1.82) is 0 Å². The topological polar surface area (TPSA) is 12.0 Å². The van der Waals surface area contributed by atoms with Gasteiger partial charge in [0.2, 0.25) is 0 Å². The molecule has 0 atom stereocenters. The lowest BCUT2D eigenvalue weighted by Gasteiger charge is -2.57. The van der Waals surface area contributed by atoms with Crippen molar-refractivity contribution in [2.24, 2.45) is 23.2 Å². The van der Waals surface area contributed by atoms with Crippen molar-refractivity contribution in [3.8, 4) is 0 Å². The van der Waals surface area contributed by atoms with Crippen LogP contribution in [0.2, 0.25) is 0 Å². The summed E-state index contributed by atoms with van der Waals surface area (Å²) in [6.45, 7) is 1.32. The van der Waals surface area contributed by atoms with Crippen LogP contribution in [0, 0.1) is 23.2 Å². The normalized spacial score (nSPS) is 44.5. The van der Waals surface area contributed by atoms with E-state index in [2.05, 4.69) is 5.32 Å². The van der Waals surface area contributed by atoms with Crippen LogP contribution in [0.15, 0.2) is 0 Å². The summed E-state index contributed by atoms with van der Waals surface area (Å²) in [6, 6.07) is 0.874. The molecule has 0 amide bonds. The molecule has 5 aliphatic carbocycles. The Morgan fingerprint density at radius 1 is 0.842 bits per heavy atom. The van der Waals surface area contributed by atoms with Crippen LogP contribution < -0.4 is 5.32 Å². The van der Waals surface area contributed by atoms with Gasteiger partial charge in [0.1, 0.15) is 0 Å². The second-order valence-corrected chi connectivity index (χ2v) is 8.10. The molecule has 1 N–H and O–H groups in total. The van der Waals surface area contributed by atoms with Crippen molar-refractivity contribution in [2.75, 3.05) is 6.54 Å². The zero-order chi connectivity index (χ0) is 12.0. The molecule has 4 bridgehead atoms. The zero-order valence-corrected chi connectivity index (χ0v) is 13.0. The van der Waals surface area contributed by atoms with Gasteiger partial charge in [-0.3, -0.25) is 0 Å². The van der Waals surface area contributed by atoms with Crippen molar-refractivity contribution in [3.63, 3.8) is 0 Å². The van der Waals surface area contributed by atoms with Crippen LogP contribution >= 0.6 is 12.4 Å². The molecule has 5 fully saturated rings. The van der Waals surface area contributed by atoms with Crippen LogP contribution in [0.25, 0.3) is 0 Å². The summed E-state index contributed by atoms with van der Waals surface area (Å²) in [4.78, 5) is 0. The summed E-state index contributed by atoms with van der Waals surface area (Å²) < 4.78 is 0. The average molecular weight is 284 g/mol. The number of hydrogen-bond acceptors (Lipinski definition) is 1. The first kappa shape index (κ1) is 14.2. The Morgan fingerprint density at radius 3 is 1.89 bits per heavy atom. The molecule has 0 saturated heterocycles. The van der Waals surface area contributed by atoms with Gasteiger partial charge in [-0.25, -0.2) is 0 Å². The average Bonchev–Trinajstić information content (AvgIpc) is 2.79. The minimum Gasteiger partial charge on any atom is -0.314 e. The molecule has 0 aromatic carbocycles. The van der Waals surface area contributed by atoms with Gasteiger partial charge in [0.25, 0.3) is 0 Å². The Morgan fingerprint density at radius 2 is 1.37 bits per heavy atom. The molecule has 1 nitrogen and oxygen atoms in total. The molecule has 0 radical (unpaired) electrons. The fourth-order valence-electron chi connectivity index (χ4n) is 6.27. The highest BCUT2D eigenvalue weighted by Gasteiger charge is 2.50. The van der Waals surface area contributed by atoms with Crippen LogP contribution in [0.3, 0.4) is 0 Å². The quantitative estimate of drug-likeness (QED) is 0.798. The van der Waals surface area contributed by atoms with E-state index < -0.39 is 0 Å². The largest absolute Gasteiger partial charge is 0.314 e. The number of rotatable bonds is 4. The lowest BCUT2D eigenvalue weighted by molar-refractivity contribution is -0.0569. The number of halogens is 1. The van der Waals surface area contributed by atoms with Gasteiger partial charge in [-0.05, 0) is 87.5 Å². The standard InChI is InChI=1S/C17H29N.ClH/c1-2-4-16(3-1)18-6-5-17-10-13-7-14(11-17)9-15(8-13)12-17;/h13-16,18H,1-12H2;1H. The first-order valence-corrected chi connectivity index (χ1v) is 8.55. The third kappa shape index (κ3) is 2.83. The van der Waals surface area contributed by atoms with E-state index in [0.717, 1.165) is 29.2 Å². The predicted octanol–water partition coefficient (Wildman–Crippen LogP) is 4.55. The van der Waals surface area contributed by atoms with Crippen LogP contribution in [0.4, 0.5) is 0 Å². The number of nitrogens with one attached hydrogen (secondary N) is 1.